The smallest absolute Gasteiger partial charge is 0.0765 e. The molecule has 17 heavy (non-hydrogen) atoms. The minimum atomic E-state index is -0.545. The van der Waals surface area contributed by atoms with Gasteiger partial charge in [0, 0.05) is 18.5 Å². The van der Waals surface area contributed by atoms with Crippen LogP contribution >= 0.6 is 0 Å². The summed E-state index contributed by atoms with van der Waals surface area (Å²) in [7, 11) is 0. The van der Waals surface area contributed by atoms with Gasteiger partial charge in [0.2, 0.25) is 0 Å². The second-order valence-electron chi connectivity index (χ2n) is 6.28. The maximum atomic E-state index is 11.2. The molecule has 0 aromatic rings. The Morgan fingerprint density at radius 3 is 2.71 bits per heavy atom. The molecule has 2 aliphatic rings. The van der Waals surface area contributed by atoms with Gasteiger partial charge >= 0.3 is 0 Å². The molecule has 1 saturated carbocycles. The van der Waals surface area contributed by atoms with E-state index in [1.807, 2.05) is 0 Å². The summed E-state index contributed by atoms with van der Waals surface area (Å²) in [6.45, 7) is 6.93. The van der Waals surface area contributed by atoms with Crippen molar-refractivity contribution in [2.75, 3.05) is 19.6 Å². The van der Waals surface area contributed by atoms with Crippen molar-refractivity contribution in [1.29, 1.82) is 0 Å². The first-order chi connectivity index (χ1) is 8.08. The summed E-state index contributed by atoms with van der Waals surface area (Å²) in [6.07, 6.45) is 5.58. The van der Waals surface area contributed by atoms with E-state index in [0.29, 0.717) is 12.5 Å². The third-order valence-electron chi connectivity index (χ3n) is 5.55. The minimum absolute atomic E-state index is 0.0187. The van der Waals surface area contributed by atoms with Crippen LogP contribution in [0.3, 0.4) is 0 Å². The van der Waals surface area contributed by atoms with E-state index >= 15 is 0 Å². The number of nitrogens with two attached hydrogens (primary N) is 1. The Bertz CT molecular complexity index is 271. The molecule has 100 valence electrons. The van der Waals surface area contributed by atoms with Crippen LogP contribution in [0.15, 0.2) is 0 Å². The molecular weight excluding hydrogens is 212 g/mol. The first-order valence-electron chi connectivity index (χ1n) is 7.21. The Morgan fingerprint density at radius 2 is 2.18 bits per heavy atom. The summed E-state index contributed by atoms with van der Waals surface area (Å²) in [4.78, 5) is 0. The van der Waals surface area contributed by atoms with Gasteiger partial charge in [-0.05, 0) is 44.1 Å². The van der Waals surface area contributed by atoms with E-state index in [1.165, 1.54) is 12.8 Å². The van der Waals surface area contributed by atoms with Crippen molar-refractivity contribution >= 4 is 0 Å². The number of hydrogen-bond donors (Lipinski definition) is 3. The van der Waals surface area contributed by atoms with Crippen LogP contribution in [0.1, 0.15) is 46.0 Å². The van der Waals surface area contributed by atoms with E-state index in [9.17, 15) is 5.11 Å². The summed E-state index contributed by atoms with van der Waals surface area (Å²) in [6, 6.07) is 0. The Morgan fingerprint density at radius 1 is 1.41 bits per heavy atom. The van der Waals surface area contributed by atoms with Gasteiger partial charge in [-0.2, -0.15) is 0 Å². The van der Waals surface area contributed by atoms with Crippen molar-refractivity contribution in [1.82, 2.24) is 5.32 Å². The predicted octanol–water partition coefficient (Wildman–Crippen LogP) is 1.50. The molecule has 3 nitrogen and oxygen atoms in total. The normalized spacial score (nSPS) is 47.3. The highest BCUT2D eigenvalue weighted by molar-refractivity contribution is 5.08. The first-order valence-corrected chi connectivity index (χ1v) is 7.21. The summed E-state index contributed by atoms with van der Waals surface area (Å²) in [5, 5.41) is 14.6. The first kappa shape index (κ1) is 13.3. The van der Waals surface area contributed by atoms with Gasteiger partial charge in [0.1, 0.15) is 0 Å². The van der Waals surface area contributed by atoms with Crippen molar-refractivity contribution in [2.24, 2.45) is 23.0 Å². The lowest BCUT2D eigenvalue weighted by Gasteiger charge is -2.51. The summed E-state index contributed by atoms with van der Waals surface area (Å²) in [5.41, 5.74) is 5.52. The zero-order valence-electron chi connectivity index (χ0n) is 11.3. The fourth-order valence-electron chi connectivity index (χ4n) is 4.14. The van der Waals surface area contributed by atoms with Crippen LogP contribution in [0.4, 0.5) is 0 Å². The monoisotopic (exact) mass is 240 g/mol. The molecule has 3 heteroatoms. The van der Waals surface area contributed by atoms with Crippen LogP contribution in [0.5, 0.6) is 0 Å². The van der Waals surface area contributed by atoms with Crippen LogP contribution in [-0.2, 0) is 0 Å². The molecule has 2 rings (SSSR count). The molecule has 0 amide bonds. The number of rotatable bonds is 3. The van der Waals surface area contributed by atoms with E-state index in [1.54, 1.807) is 0 Å². The highest BCUT2D eigenvalue weighted by Gasteiger charge is 2.55. The van der Waals surface area contributed by atoms with Crippen LogP contribution in [0, 0.1) is 17.3 Å². The molecule has 0 spiro atoms. The maximum Gasteiger partial charge on any atom is 0.0765 e. The predicted molar refractivity (Wildman–Crippen MR) is 70.7 cm³/mol. The molecule has 1 heterocycles. The molecule has 4 N–H and O–H groups in total. The molecule has 0 aromatic carbocycles. The zero-order chi connectivity index (χ0) is 12.5. The Balaban J connectivity index is 2.22. The van der Waals surface area contributed by atoms with Gasteiger partial charge in [-0.3, -0.25) is 0 Å². The Labute approximate surface area is 105 Å². The molecule has 4 unspecified atom stereocenters. The van der Waals surface area contributed by atoms with Gasteiger partial charge in [-0.15, -0.1) is 0 Å². The van der Waals surface area contributed by atoms with Crippen LogP contribution < -0.4 is 11.1 Å². The molecule has 1 aliphatic carbocycles. The van der Waals surface area contributed by atoms with Crippen molar-refractivity contribution < 1.29 is 5.11 Å². The second kappa shape index (κ2) is 4.87. The molecule has 4 atom stereocenters. The van der Waals surface area contributed by atoms with Gasteiger partial charge in [-0.25, -0.2) is 0 Å². The average Bonchev–Trinajstić information content (AvgIpc) is 2.78. The number of aliphatic hydroxyl groups is 1. The van der Waals surface area contributed by atoms with Crippen molar-refractivity contribution in [3.8, 4) is 0 Å². The fourth-order valence-corrected chi connectivity index (χ4v) is 4.14. The highest BCUT2D eigenvalue weighted by atomic mass is 16.3. The quantitative estimate of drug-likeness (QED) is 0.701. The summed E-state index contributed by atoms with van der Waals surface area (Å²) >= 11 is 0. The third-order valence-corrected chi connectivity index (χ3v) is 5.55. The summed E-state index contributed by atoms with van der Waals surface area (Å²) in [5.74, 6) is 1.08. The lowest BCUT2D eigenvalue weighted by molar-refractivity contribution is -0.133. The van der Waals surface area contributed by atoms with Crippen LogP contribution in [0.2, 0.25) is 0 Å². The number of nitrogens with one attached hydrogen (secondary N) is 1. The van der Waals surface area contributed by atoms with Crippen molar-refractivity contribution in [3.63, 3.8) is 0 Å². The number of piperidine rings is 1. The van der Waals surface area contributed by atoms with E-state index in [-0.39, 0.29) is 5.41 Å². The molecule has 0 radical (unpaired) electrons. The number of hydrogen-bond acceptors (Lipinski definition) is 3. The lowest BCUT2D eigenvalue weighted by Crippen LogP contribution is -2.61. The molecule has 1 saturated heterocycles. The third kappa shape index (κ3) is 2.02. The molecule has 2 fully saturated rings. The largest absolute Gasteiger partial charge is 0.389 e. The Kier molecular flexibility index (Phi) is 3.81. The molecular formula is C14H28N2O. The van der Waals surface area contributed by atoms with Gasteiger partial charge in [0.15, 0.2) is 0 Å². The van der Waals surface area contributed by atoms with Crippen molar-refractivity contribution in [2.45, 2.75) is 51.6 Å². The van der Waals surface area contributed by atoms with Crippen LogP contribution in [-0.4, -0.2) is 30.3 Å². The fraction of sp³-hybridized carbons (Fsp3) is 1.00. The van der Waals surface area contributed by atoms with E-state index in [4.69, 9.17) is 5.73 Å². The SMILES string of the molecule is CCC1CCC(CN)(C2(O)CCNCC2C)C1. The maximum absolute atomic E-state index is 11.2. The summed E-state index contributed by atoms with van der Waals surface area (Å²) < 4.78 is 0. The van der Waals surface area contributed by atoms with Gasteiger partial charge < -0.3 is 16.2 Å². The second-order valence-corrected chi connectivity index (χ2v) is 6.28. The Hall–Kier alpha value is -0.120. The van der Waals surface area contributed by atoms with Gasteiger partial charge in [-0.1, -0.05) is 20.3 Å². The van der Waals surface area contributed by atoms with Crippen LogP contribution in [0.25, 0.3) is 0 Å². The molecule has 0 bridgehead atoms. The van der Waals surface area contributed by atoms with E-state index < -0.39 is 5.60 Å². The van der Waals surface area contributed by atoms with Gasteiger partial charge in [0.05, 0.1) is 5.60 Å². The molecule has 1 aliphatic heterocycles. The van der Waals surface area contributed by atoms with Crippen molar-refractivity contribution in [3.05, 3.63) is 0 Å². The topological polar surface area (TPSA) is 58.3 Å². The van der Waals surface area contributed by atoms with E-state index in [2.05, 4.69) is 19.2 Å². The standard InChI is InChI=1S/C14H28N2O/c1-3-12-4-5-13(8-12,10-15)14(17)6-7-16-9-11(14)2/h11-12,16-17H,3-10,15H2,1-2H3. The van der Waals surface area contributed by atoms with E-state index in [0.717, 1.165) is 38.3 Å². The zero-order valence-corrected chi connectivity index (χ0v) is 11.3. The minimum Gasteiger partial charge on any atom is -0.389 e. The highest BCUT2D eigenvalue weighted by Crippen LogP contribution is 2.53. The molecule has 0 aromatic heterocycles. The average molecular weight is 240 g/mol. The lowest BCUT2D eigenvalue weighted by atomic mass is 9.61. The van der Waals surface area contributed by atoms with Gasteiger partial charge in [0.25, 0.3) is 0 Å².